The molecular weight excluding hydrogens is 268 g/mol. The van der Waals surface area contributed by atoms with Crippen LogP contribution in [0.15, 0.2) is 0 Å². The van der Waals surface area contributed by atoms with E-state index < -0.39 is 24.5 Å². The van der Waals surface area contributed by atoms with Crippen LogP contribution in [0.3, 0.4) is 0 Å². The molecule has 2 aliphatic rings. The maximum Gasteiger partial charge on any atom is 0.290 e. The SMILES string of the molecule is CC(C)O[C@H]1CCN(C(=O)C2CCC(=O)C2)CC1(F)F. The second kappa shape index (κ2) is 5.76. The molecule has 0 aromatic carbocycles. The number of ether oxygens (including phenoxy) is 1. The summed E-state index contributed by atoms with van der Waals surface area (Å²) in [6.45, 7) is 3.11. The molecule has 1 saturated heterocycles. The maximum absolute atomic E-state index is 14.0. The number of hydrogen-bond donors (Lipinski definition) is 0. The Bertz CT molecular complexity index is 398. The van der Waals surface area contributed by atoms with Crippen LogP contribution in [-0.2, 0) is 14.3 Å². The van der Waals surface area contributed by atoms with Crippen LogP contribution in [-0.4, -0.2) is 47.8 Å². The lowest BCUT2D eigenvalue weighted by Gasteiger charge is -2.39. The number of hydrogen-bond acceptors (Lipinski definition) is 3. The zero-order chi connectivity index (χ0) is 14.9. The van der Waals surface area contributed by atoms with Crippen LogP contribution in [0.4, 0.5) is 8.78 Å². The summed E-state index contributed by atoms with van der Waals surface area (Å²) >= 11 is 0. The number of carbonyl (C=O) groups is 2. The zero-order valence-corrected chi connectivity index (χ0v) is 11.9. The first kappa shape index (κ1) is 15.4. The van der Waals surface area contributed by atoms with Crippen molar-refractivity contribution in [3.05, 3.63) is 0 Å². The van der Waals surface area contributed by atoms with Gasteiger partial charge in [0.05, 0.1) is 12.6 Å². The number of ketones is 1. The van der Waals surface area contributed by atoms with Crippen LogP contribution < -0.4 is 0 Å². The highest BCUT2D eigenvalue weighted by Gasteiger charge is 2.48. The first-order valence-corrected chi connectivity index (χ1v) is 7.13. The third-order valence-electron chi connectivity index (χ3n) is 3.88. The van der Waals surface area contributed by atoms with Crippen molar-refractivity contribution in [1.29, 1.82) is 0 Å². The fraction of sp³-hybridized carbons (Fsp3) is 0.857. The number of rotatable bonds is 3. The molecule has 2 fully saturated rings. The van der Waals surface area contributed by atoms with Gasteiger partial charge in [-0.1, -0.05) is 0 Å². The molecule has 0 bridgehead atoms. The van der Waals surface area contributed by atoms with Crippen molar-refractivity contribution in [3.63, 3.8) is 0 Å². The summed E-state index contributed by atoms with van der Waals surface area (Å²) in [5, 5.41) is 0. The van der Waals surface area contributed by atoms with Crippen molar-refractivity contribution in [1.82, 2.24) is 4.90 Å². The topological polar surface area (TPSA) is 46.6 Å². The minimum Gasteiger partial charge on any atom is -0.369 e. The summed E-state index contributed by atoms with van der Waals surface area (Å²) in [5.41, 5.74) is 0. The molecule has 0 N–H and O–H groups in total. The zero-order valence-electron chi connectivity index (χ0n) is 11.9. The molecule has 0 aromatic heterocycles. The Hall–Kier alpha value is -1.04. The standard InChI is InChI=1S/C14H21F2NO3/c1-9(2)20-12-5-6-17(8-14(12,15)16)13(19)10-3-4-11(18)7-10/h9-10,12H,3-8H2,1-2H3/t10?,12-/m0/s1. The summed E-state index contributed by atoms with van der Waals surface area (Å²) in [4.78, 5) is 24.6. The van der Waals surface area contributed by atoms with Crippen LogP contribution in [0.1, 0.15) is 39.5 Å². The highest BCUT2D eigenvalue weighted by molar-refractivity contribution is 5.90. The Morgan fingerprint density at radius 1 is 1.40 bits per heavy atom. The minimum absolute atomic E-state index is 0.0492. The molecule has 0 radical (unpaired) electrons. The normalized spacial score (nSPS) is 30.1. The molecule has 2 rings (SSSR count). The van der Waals surface area contributed by atoms with Crippen LogP contribution in [0.2, 0.25) is 0 Å². The van der Waals surface area contributed by atoms with E-state index in [4.69, 9.17) is 4.74 Å². The molecular formula is C14H21F2NO3. The molecule has 4 nitrogen and oxygen atoms in total. The van der Waals surface area contributed by atoms with Crippen molar-refractivity contribution < 1.29 is 23.1 Å². The van der Waals surface area contributed by atoms with Gasteiger partial charge in [-0.3, -0.25) is 9.59 Å². The van der Waals surface area contributed by atoms with Crippen LogP contribution in [0.25, 0.3) is 0 Å². The van der Waals surface area contributed by atoms with Gasteiger partial charge in [-0.2, -0.15) is 0 Å². The third kappa shape index (κ3) is 3.34. The summed E-state index contributed by atoms with van der Waals surface area (Å²) < 4.78 is 33.3. The van der Waals surface area contributed by atoms with Gasteiger partial charge in [-0.25, -0.2) is 8.78 Å². The van der Waals surface area contributed by atoms with Gasteiger partial charge in [0.25, 0.3) is 5.92 Å². The van der Waals surface area contributed by atoms with Gasteiger partial charge >= 0.3 is 0 Å². The average molecular weight is 289 g/mol. The molecule has 20 heavy (non-hydrogen) atoms. The van der Waals surface area contributed by atoms with E-state index in [-0.39, 0.29) is 37.2 Å². The minimum atomic E-state index is -3.03. The van der Waals surface area contributed by atoms with E-state index in [0.717, 1.165) is 0 Å². The largest absolute Gasteiger partial charge is 0.369 e. The fourth-order valence-corrected chi connectivity index (χ4v) is 2.89. The Morgan fingerprint density at radius 2 is 2.10 bits per heavy atom. The molecule has 1 amide bonds. The summed E-state index contributed by atoms with van der Waals surface area (Å²) in [7, 11) is 0. The fourth-order valence-electron chi connectivity index (χ4n) is 2.89. The van der Waals surface area contributed by atoms with Gasteiger partial charge in [0.15, 0.2) is 0 Å². The number of piperidine rings is 1. The van der Waals surface area contributed by atoms with Gasteiger partial charge in [0.2, 0.25) is 5.91 Å². The predicted molar refractivity (Wildman–Crippen MR) is 68.5 cm³/mol. The number of carbonyl (C=O) groups excluding carboxylic acids is 2. The van der Waals surface area contributed by atoms with E-state index in [1.165, 1.54) is 4.90 Å². The number of nitrogens with zero attached hydrogens (tertiary/aromatic N) is 1. The summed E-state index contributed by atoms with van der Waals surface area (Å²) in [6.07, 6.45) is -0.173. The van der Waals surface area contributed by atoms with Crippen molar-refractivity contribution in [3.8, 4) is 0 Å². The number of Topliss-reactive ketones (excluding diaryl/α,β-unsaturated/α-hetero) is 1. The molecule has 1 saturated carbocycles. The van der Waals surface area contributed by atoms with Crippen LogP contribution >= 0.6 is 0 Å². The first-order valence-electron chi connectivity index (χ1n) is 7.13. The third-order valence-corrected chi connectivity index (χ3v) is 3.88. The lowest BCUT2D eigenvalue weighted by Crippen LogP contribution is -2.55. The van der Waals surface area contributed by atoms with E-state index in [9.17, 15) is 18.4 Å². The monoisotopic (exact) mass is 289 g/mol. The number of alkyl halides is 2. The lowest BCUT2D eigenvalue weighted by molar-refractivity contribution is -0.190. The van der Waals surface area contributed by atoms with Crippen molar-refractivity contribution in [2.45, 2.75) is 57.7 Å². The molecule has 1 heterocycles. The van der Waals surface area contributed by atoms with Gasteiger partial charge < -0.3 is 9.64 Å². The average Bonchev–Trinajstić information content (AvgIpc) is 2.77. The van der Waals surface area contributed by atoms with Crippen molar-refractivity contribution in [2.24, 2.45) is 5.92 Å². The molecule has 2 atom stereocenters. The molecule has 0 spiro atoms. The van der Waals surface area contributed by atoms with E-state index in [2.05, 4.69) is 0 Å². The molecule has 6 heteroatoms. The molecule has 1 aliphatic carbocycles. The Labute approximate surface area is 117 Å². The van der Waals surface area contributed by atoms with E-state index >= 15 is 0 Å². The Kier molecular flexibility index (Phi) is 4.42. The molecule has 114 valence electrons. The Balaban J connectivity index is 1.96. The Morgan fingerprint density at radius 3 is 2.60 bits per heavy atom. The lowest BCUT2D eigenvalue weighted by atomic mass is 10.00. The van der Waals surface area contributed by atoms with Crippen LogP contribution in [0.5, 0.6) is 0 Å². The molecule has 0 aromatic rings. The smallest absolute Gasteiger partial charge is 0.290 e. The van der Waals surface area contributed by atoms with Gasteiger partial charge in [0.1, 0.15) is 11.9 Å². The van der Waals surface area contributed by atoms with Gasteiger partial charge in [0, 0.05) is 25.3 Å². The van der Waals surface area contributed by atoms with Gasteiger partial charge in [-0.15, -0.1) is 0 Å². The van der Waals surface area contributed by atoms with Gasteiger partial charge in [-0.05, 0) is 26.7 Å². The molecule has 1 unspecified atom stereocenters. The number of amides is 1. The highest BCUT2D eigenvalue weighted by Crippen LogP contribution is 2.33. The second-order valence-electron chi connectivity index (χ2n) is 5.96. The summed E-state index contributed by atoms with van der Waals surface area (Å²) in [5.74, 6) is -3.69. The number of halogens is 2. The highest BCUT2D eigenvalue weighted by atomic mass is 19.3. The number of likely N-dealkylation sites (tertiary alicyclic amines) is 1. The summed E-state index contributed by atoms with van der Waals surface area (Å²) in [6, 6.07) is 0. The maximum atomic E-state index is 14.0. The van der Waals surface area contributed by atoms with Crippen molar-refractivity contribution in [2.75, 3.05) is 13.1 Å². The molecule has 1 aliphatic heterocycles. The second-order valence-corrected chi connectivity index (χ2v) is 5.96. The van der Waals surface area contributed by atoms with E-state index in [1.54, 1.807) is 13.8 Å². The predicted octanol–water partition coefficient (Wildman–Crippen LogP) is 2.02. The quantitative estimate of drug-likeness (QED) is 0.798. The van der Waals surface area contributed by atoms with E-state index in [0.29, 0.717) is 12.8 Å². The van der Waals surface area contributed by atoms with Crippen molar-refractivity contribution >= 4 is 11.7 Å². The van der Waals surface area contributed by atoms with Crippen LogP contribution in [0, 0.1) is 5.92 Å². The first-order chi connectivity index (χ1) is 9.29. The van der Waals surface area contributed by atoms with E-state index in [1.807, 2.05) is 0 Å².